The highest BCUT2D eigenvalue weighted by Crippen LogP contribution is 2.45. The number of aryl methyl sites for hydroxylation is 1. The molecule has 0 aromatic heterocycles. The fourth-order valence-corrected chi connectivity index (χ4v) is 4.70. The van der Waals surface area contributed by atoms with Gasteiger partial charge in [-0.1, -0.05) is 90.8 Å². The van der Waals surface area contributed by atoms with Crippen LogP contribution in [0, 0.1) is 6.92 Å². The van der Waals surface area contributed by atoms with Gasteiger partial charge < -0.3 is 10.0 Å². The Hall–Kier alpha value is -2.76. The number of hydrogen-bond donors (Lipinski definition) is 1. The van der Waals surface area contributed by atoms with Gasteiger partial charge in [-0.3, -0.25) is 9.59 Å². The standard InChI is InChI=1S/C28H28BrNO3/c1-18-6-5-7-19(14-18)17-30-24-13-12-22(29)15-23(24)28(33,26(30)32)16-25(31)20-8-10-21(11-9-20)27(2,3)4/h5-15,33H,16-17H2,1-4H3. The Kier molecular flexibility index (Phi) is 6.06. The summed E-state index contributed by atoms with van der Waals surface area (Å²) in [5.41, 5.74) is 2.80. The molecule has 4 nitrogen and oxygen atoms in total. The van der Waals surface area contributed by atoms with Crippen molar-refractivity contribution in [3.8, 4) is 0 Å². The topological polar surface area (TPSA) is 57.6 Å². The average Bonchev–Trinajstić information content (AvgIpc) is 2.94. The first-order valence-corrected chi connectivity index (χ1v) is 11.8. The number of aliphatic hydroxyl groups is 1. The van der Waals surface area contributed by atoms with Gasteiger partial charge in [0.1, 0.15) is 0 Å². The molecule has 0 aliphatic carbocycles. The van der Waals surface area contributed by atoms with E-state index in [1.807, 2.05) is 55.5 Å². The van der Waals surface area contributed by atoms with Crippen LogP contribution in [-0.2, 0) is 22.4 Å². The van der Waals surface area contributed by atoms with Gasteiger partial charge in [-0.25, -0.2) is 0 Å². The zero-order valence-electron chi connectivity index (χ0n) is 19.4. The quantitative estimate of drug-likeness (QED) is 0.428. The maximum absolute atomic E-state index is 13.5. The zero-order valence-corrected chi connectivity index (χ0v) is 20.9. The van der Waals surface area contributed by atoms with Crippen LogP contribution in [0.4, 0.5) is 5.69 Å². The molecule has 0 spiro atoms. The normalized spacial score (nSPS) is 17.9. The Bertz CT molecular complexity index is 1230. The highest BCUT2D eigenvalue weighted by molar-refractivity contribution is 9.10. The number of amides is 1. The van der Waals surface area contributed by atoms with Crippen LogP contribution >= 0.6 is 15.9 Å². The number of nitrogens with zero attached hydrogens (tertiary/aromatic N) is 1. The molecule has 1 N–H and O–H groups in total. The largest absolute Gasteiger partial charge is 0.375 e. The number of halogens is 1. The highest BCUT2D eigenvalue weighted by Gasteiger charge is 2.51. The lowest BCUT2D eigenvalue weighted by atomic mass is 9.85. The Balaban J connectivity index is 1.66. The van der Waals surface area contributed by atoms with Crippen molar-refractivity contribution >= 4 is 33.3 Å². The summed E-state index contributed by atoms with van der Waals surface area (Å²) in [6, 6.07) is 20.7. The first kappa shape index (κ1) is 23.4. The van der Waals surface area contributed by atoms with E-state index in [9.17, 15) is 14.7 Å². The maximum atomic E-state index is 13.5. The number of anilines is 1. The Morgan fingerprint density at radius 1 is 1.03 bits per heavy atom. The summed E-state index contributed by atoms with van der Waals surface area (Å²) in [7, 11) is 0. The van der Waals surface area contributed by atoms with Crippen molar-refractivity contribution < 1.29 is 14.7 Å². The van der Waals surface area contributed by atoms with Gasteiger partial charge >= 0.3 is 0 Å². The van der Waals surface area contributed by atoms with E-state index in [0.717, 1.165) is 21.2 Å². The van der Waals surface area contributed by atoms with E-state index in [0.29, 0.717) is 23.4 Å². The monoisotopic (exact) mass is 505 g/mol. The van der Waals surface area contributed by atoms with Crippen LogP contribution in [0.2, 0.25) is 0 Å². The fourth-order valence-electron chi connectivity index (χ4n) is 4.33. The predicted octanol–water partition coefficient (Wildman–Crippen LogP) is 6.06. The molecule has 0 saturated carbocycles. The molecule has 1 aliphatic rings. The number of hydrogen-bond acceptors (Lipinski definition) is 3. The van der Waals surface area contributed by atoms with E-state index in [-0.39, 0.29) is 17.6 Å². The van der Waals surface area contributed by atoms with Gasteiger partial charge in [0.2, 0.25) is 0 Å². The van der Waals surface area contributed by atoms with Gasteiger partial charge in [-0.15, -0.1) is 0 Å². The number of carbonyl (C=O) groups is 2. The smallest absolute Gasteiger partial charge is 0.264 e. The summed E-state index contributed by atoms with van der Waals surface area (Å²) in [5, 5.41) is 11.6. The molecule has 3 aromatic carbocycles. The number of rotatable bonds is 5. The van der Waals surface area contributed by atoms with E-state index >= 15 is 0 Å². The molecular formula is C28H28BrNO3. The summed E-state index contributed by atoms with van der Waals surface area (Å²) in [6.07, 6.45) is -0.311. The number of ketones is 1. The predicted molar refractivity (Wildman–Crippen MR) is 134 cm³/mol. The SMILES string of the molecule is Cc1cccc(CN2C(=O)C(O)(CC(=O)c3ccc(C(C)(C)C)cc3)c3cc(Br)ccc32)c1. The molecule has 0 bridgehead atoms. The second-order valence-corrected chi connectivity index (χ2v) is 10.7. The Morgan fingerprint density at radius 3 is 2.36 bits per heavy atom. The maximum Gasteiger partial charge on any atom is 0.264 e. The van der Waals surface area contributed by atoms with E-state index < -0.39 is 11.5 Å². The van der Waals surface area contributed by atoms with Crippen LogP contribution in [0.1, 0.15) is 59.8 Å². The lowest BCUT2D eigenvalue weighted by Crippen LogP contribution is -2.41. The minimum atomic E-state index is -1.91. The molecule has 1 amide bonds. The van der Waals surface area contributed by atoms with Gasteiger partial charge in [0.25, 0.3) is 5.91 Å². The minimum absolute atomic E-state index is 0.0251. The molecule has 1 aliphatic heterocycles. The van der Waals surface area contributed by atoms with E-state index in [1.54, 1.807) is 23.1 Å². The first-order valence-electron chi connectivity index (χ1n) is 11.0. The summed E-state index contributed by atoms with van der Waals surface area (Å²) in [5.74, 6) is -0.744. The van der Waals surface area contributed by atoms with Crippen molar-refractivity contribution in [2.75, 3.05) is 4.90 Å². The molecule has 1 heterocycles. The van der Waals surface area contributed by atoms with Gasteiger partial charge in [-0.2, -0.15) is 0 Å². The molecule has 1 atom stereocenters. The molecule has 0 fully saturated rings. The van der Waals surface area contributed by atoms with Gasteiger partial charge in [0, 0.05) is 15.6 Å². The second-order valence-electron chi connectivity index (χ2n) is 9.83. The summed E-state index contributed by atoms with van der Waals surface area (Å²) in [6.45, 7) is 8.66. The second kappa shape index (κ2) is 8.54. The van der Waals surface area contributed by atoms with Crippen LogP contribution in [0.15, 0.2) is 71.2 Å². The van der Waals surface area contributed by atoms with Crippen molar-refractivity contribution in [2.45, 2.75) is 51.7 Å². The van der Waals surface area contributed by atoms with Crippen molar-refractivity contribution in [3.63, 3.8) is 0 Å². The van der Waals surface area contributed by atoms with Crippen molar-refractivity contribution in [1.82, 2.24) is 0 Å². The van der Waals surface area contributed by atoms with Crippen LogP contribution in [0.3, 0.4) is 0 Å². The number of carbonyl (C=O) groups excluding carboxylic acids is 2. The lowest BCUT2D eigenvalue weighted by Gasteiger charge is -2.23. The Morgan fingerprint density at radius 2 is 1.73 bits per heavy atom. The Labute approximate surface area is 203 Å². The summed E-state index contributed by atoms with van der Waals surface area (Å²) >= 11 is 3.44. The van der Waals surface area contributed by atoms with Crippen molar-refractivity contribution in [1.29, 1.82) is 0 Å². The third-order valence-electron chi connectivity index (χ3n) is 6.21. The fraction of sp³-hybridized carbons (Fsp3) is 0.286. The molecule has 170 valence electrons. The van der Waals surface area contributed by atoms with Crippen LogP contribution < -0.4 is 4.90 Å². The molecule has 1 unspecified atom stereocenters. The molecular weight excluding hydrogens is 478 g/mol. The first-order chi connectivity index (χ1) is 15.5. The van der Waals surface area contributed by atoms with Gasteiger partial charge in [-0.05, 0) is 41.7 Å². The molecule has 33 heavy (non-hydrogen) atoms. The summed E-state index contributed by atoms with van der Waals surface area (Å²) in [4.78, 5) is 28.3. The lowest BCUT2D eigenvalue weighted by molar-refractivity contribution is -0.136. The van der Waals surface area contributed by atoms with Gasteiger partial charge in [0.05, 0.1) is 18.7 Å². The zero-order chi connectivity index (χ0) is 24.0. The van der Waals surface area contributed by atoms with Crippen LogP contribution in [0.25, 0.3) is 0 Å². The number of benzene rings is 3. The van der Waals surface area contributed by atoms with E-state index in [1.165, 1.54) is 0 Å². The molecule has 5 heteroatoms. The van der Waals surface area contributed by atoms with E-state index in [4.69, 9.17) is 0 Å². The van der Waals surface area contributed by atoms with Crippen LogP contribution in [-0.4, -0.2) is 16.8 Å². The minimum Gasteiger partial charge on any atom is -0.375 e. The molecule has 0 saturated heterocycles. The number of Topliss-reactive ketones (excluding diaryl/α,β-unsaturated/α-hetero) is 1. The molecule has 4 rings (SSSR count). The van der Waals surface area contributed by atoms with Crippen molar-refractivity contribution in [3.05, 3.63) is 99.0 Å². The van der Waals surface area contributed by atoms with Crippen LogP contribution in [0.5, 0.6) is 0 Å². The average molecular weight is 506 g/mol. The molecule has 3 aromatic rings. The van der Waals surface area contributed by atoms with Crippen molar-refractivity contribution in [2.24, 2.45) is 0 Å². The highest BCUT2D eigenvalue weighted by atomic mass is 79.9. The third-order valence-corrected chi connectivity index (χ3v) is 6.70. The summed E-state index contributed by atoms with van der Waals surface area (Å²) < 4.78 is 0.742. The number of fused-ring (bicyclic) bond motifs is 1. The van der Waals surface area contributed by atoms with E-state index in [2.05, 4.69) is 36.7 Å². The third kappa shape index (κ3) is 4.53. The molecule has 0 radical (unpaired) electrons. The van der Waals surface area contributed by atoms with Gasteiger partial charge in [0.15, 0.2) is 11.4 Å².